The summed E-state index contributed by atoms with van der Waals surface area (Å²) in [5.41, 5.74) is 3.06. The molecule has 0 aliphatic rings. The SMILES string of the molecule is CCCCOc1ccc(N=Nc2ccc(OCCCOc3ccc(N=Nc4ccc(OCCCC)cc4)cc3)cc2)cc1. The fraction of sp³-hybridized carbons (Fsp3) is 0.314. The topological polar surface area (TPSA) is 86.4 Å². The summed E-state index contributed by atoms with van der Waals surface area (Å²) in [6.07, 6.45) is 5.07. The number of benzene rings is 4. The van der Waals surface area contributed by atoms with Crippen molar-refractivity contribution in [2.45, 2.75) is 46.0 Å². The molecule has 0 aromatic heterocycles. The molecule has 0 aliphatic heterocycles. The van der Waals surface area contributed by atoms with Crippen LogP contribution in [-0.4, -0.2) is 26.4 Å². The zero-order valence-electron chi connectivity index (χ0n) is 25.0. The van der Waals surface area contributed by atoms with Crippen LogP contribution in [0.5, 0.6) is 23.0 Å². The van der Waals surface area contributed by atoms with E-state index in [9.17, 15) is 0 Å². The third kappa shape index (κ3) is 11.6. The molecule has 0 radical (unpaired) electrons. The highest BCUT2D eigenvalue weighted by Crippen LogP contribution is 2.25. The first-order valence-electron chi connectivity index (χ1n) is 15.0. The van der Waals surface area contributed by atoms with E-state index >= 15 is 0 Å². The van der Waals surface area contributed by atoms with E-state index in [4.69, 9.17) is 18.9 Å². The number of unbranched alkanes of at least 4 members (excludes halogenated alkanes) is 2. The van der Waals surface area contributed by atoms with Crippen molar-refractivity contribution in [1.29, 1.82) is 0 Å². The Morgan fingerprint density at radius 2 is 0.581 bits per heavy atom. The van der Waals surface area contributed by atoms with Crippen LogP contribution in [0.4, 0.5) is 22.7 Å². The van der Waals surface area contributed by atoms with Crippen LogP contribution in [0.25, 0.3) is 0 Å². The minimum absolute atomic E-state index is 0.544. The molecule has 0 bridgehead atoms. The highest BCUT2D eigenvalue weighted by Gasteiger charge is 2.00. The normalized spacial score (nSPS) is 11.2. The van der Waals surface area contributed by atoms with E-state index in [1.54, 1.807) is 0 Å². The van der Waals surface area contributed by atoms with Gasteiger partial charge in [-0.25, -0.2) is 0 Å². The first-order valence-corrected chi connectivity index (χ1v) is 15.0. The van der Waals surface area contributed by atoms with Gasteiger partial charge in [-0.05, 0) is 110 Å². The fourth-order valence-corrected chi connectivity index (χ4v) is 3.77. The Hall–Kier alpha value is -4.72. The van der Waals surface area contributed by atoms with Gasteiger partial charge >= 0.3 is 0 Å². The molecule has 0 saturated heterocycles. The fourth-order valence-electron chi connectivity index (χ4n) is 3.77. The van der Waals surface area contributed by atoms with E-state index in [1.165, 1.54) is 0 Å². The lowest BCUT2D eigenvalue weighted by Crippen LogP contribution is -2.04. The maximum Gasteiger partial charge on any atom is 0.119 e. The zero-order valence-corrected chi connectivity index (χ0v) is 25.0. The summed E-state index contributed by atoms with van der Waals surface area (Å²) < 4.78 is 23.0. The number of hydrogen-bond donors (Lipinski definition) is 0. The molecule has 0 N–H and O–H groups in total. The summed E-state index contributed by atoms with van der Waals surface area (Å²) in [6, 6.07) is 30.4. The third-order valence-corrected chi connectivity index (χ3v) is 6.27. The van der Waals surface area contributed by atoms with Crippen molar-refractivity contribution in [3.05, 3.63) is 97.1 Å². The van der Waals surface area contributed by atoms with Gasteiger partial charge in [0.15, 0.2) is 0 Å². The Morgan fingerprint density at radius 3 is 0.814 bits per heavy atom. The van der Waals surface area contributed by atoms with E-state index in [2.05, 4.69) is 34.3 Å². The van der Waals surface area contributed by atoms with Gasteiger partial charge in [0.25, 0.3) is 0 Å². The van der Waals surface area contributed by atoms with Gasteiger partial charge < -0.3 is 18.9 Å². The molecular formula is C35H40N4O4. The number of ether oxygens (including phenoxy) is 4. The van der Waals surface area contributed by atoms with Gasteiger partial charge in [-0.1, -0.05) is 26.7 Å². The van der Waals surface area contributed by atoms with E-state index in [0.717, 1.165) is 91.1 Å². The lowest BCUT2D eigenvalue weighted by atomic mass is 10.3. The molecule has 0 unspecified atom stereocenters. The van der Waals surface area contributed by atoms with Gasteiger partial charge in [0.1, 0.15) is 23.0 Å². The second-order valence-electron chi connectivity index (χ2n) is 9.83. The monoisotopic (exact) mass is 580 g/mol. The number of hydrogen-bond acceptors (Lipinski definition) is 8. The van der Waals surface area contributed by atoms with Crippen LogP contribution in [0.2, 0.25) is 0 Å². The molecule has 0 spiro atoms. The van der Waals surface area contributed by atoms with Gasteiger partial charge in [0.05, 0.1) is 49.2 Å². The van der Waals surface area contributed by atoms with Crippen LogP contribution in [0.3, 0.4) is 0 Å². The quantitative estimate of drug-likeness (QED) is 0.0865. The first-order chi connectivity index (χ1) is 21.2. The average molecular weight is 581 g/mol. The Labute approximate surface area is 254 Å². The van der Waals surface area contributed by atoms with Crippen molar-refractivity contribution in [2.75, 3.05) is 26.4 Å². The molecule has 0 aliphatic carbocycles. The summed E-state index contributed by atoms with van der Waals surface area (Å²) >= 11 is 0. The van der Waals surface area contributed by atoms with E-state index in [0.29, 0.717) is 13.2 Å². The van der Waals surface area contributed by atoms with Crippen molar-refractivity contribution in [3.8, 4) is 23.0 Å². The van der Waals surface area contributed by atoms with Crippen LogP contribution in [0.1, 0.15) is 46.0 Å². The summed E-state index contributed by atoms with van der Waals surface area (Å²) in [7, 11) is 0. The molecule has 4 aromatic carbocycles. The molecule has 0 saturated carbocycles. The summed E-state index contributed by atoms with van der Waals surface area (Å²) in [6.45, 7) is 6.84. The van der Waals surface area contributed by atoms with E-state index < -0.39 is 0 Å². The molecule has 4 aromatic rings. The number of azo groups is 2. The maximum atomic E-state index is 5.84. The number of rotatable bonds is 18. The largest absolute Gasteiger partial charge is 0.494 e. The maximum absolute atomic E-state index is 5.84. The van der Waals surface area contributed by atoms with Crippen molar-refractivity contribution in [2.24, 2.45) is 20.5 Å². The van der Waals surface area contributed by atoms with E-state index in [1.807, 2.05) is 97.1 Å². The minimum Gasteiger partial charge on any atom is -0.494 e. The molecule has 4 rings (SSSR count). The minimum atomic E-state index is 0.544. The summed E-state index contributed by atoms with van der Waals surface area (Å²) in [5, 5.41) is 17.2. The van der Waals surface area contributed by atoms with Gasteiger partial charge in [-0.3, -0.25) is 0 Å². The van der Waals surface area contributed by atoms with Crippen LogP contribution in [0.15, 0.2) is 118 Å². The van der Waals surface area contributed by atoms with Crippen molar-refractivity contribution in [1.82, 2.24) is 0 Å². The van der Waals surface area contributed by atoms with Gasteiger partial charge in [-0.15, -0.1) is 0 Å². The molecule has 0 fully saturated rings. The van der Waals surface area contributed by atoms with Crippen LogP contribution in [0, 0.1) is 0 Å². The van der Waals surface area contributed by atoms with Gasteiger partial charge in [0.2, 0.25) is 0 Å². The summed E-state index contributed by atoms with van der Waals surface area (Å²) in [4.78, 5) is 0. The zero-order chi connectivity index (χ0) is 30.0. The lowest BCUT2D eigenvalue weighted by molar-refractivity contribution is 0.247. The smallest absolute Gasteiger partial charge is 0.119 e. The third-order valence-electron chi connectivity index (χ3n) is 6.27. The highest BCUT2D eigenvalue weighted by atomic mass is 16.5. The number of nitrogens with zero attached hydrogens (tertiary/aromatic N) is 4. The Kier molecular flexibility index (Phi) is 13.0. The van der Waals surface area contributed by atoms with Crippen molar-refractivity contribution in [3.63, 3.8) is 0 Å². The standard InChI is InChI=1S/C35H40N4O4/c1-3-5-24-40-32-16-8-28(9-17-32)36-38-30-12-20-34(21-13-30)42-26-7-27-43-35-22-14-31(15-23-35)39-37-29-10-18-33(19-11-29)41-25-6-4-2/h8-23H,3-7,24-27H2,1-2H3. The molecule has 8 nitrogen and oxygen atoms in total. The molecule has 0 heterocycles. The lowest BCUT2D eigenvalue weighted by Gasteiger charge is -2.08. The average Bonchev–Trinajstić information content (AvgIpc) is 3.05. The highest BCUT2D eigenvalue weighted by molar-refractivity contribution is 5.45. The predicted molar refractivity (Wildman–Crippen MR) is 171 cm³/mol. The van der Waals surface area contributed by atoms with Crippen LogP contribution < -0.4 is 18.9 Å². The Bertz CT molecular complexity index is 1280. The van der Waals surface area contributed by atoms with Crippen LogP contribution in [-0.2, 0) is 0 Å². The van der Waals surface area contributed by atoms with Gasteiger partial charge in [0, 0.05) is 6.42 Å². The second kappa shape index (κ2) is 18.0. The van der Waals surface area contributed by atoms with Crippen molar-refractivity contribution >= 4 is 22.7 Å². The Balaban J connectivity index is 1.12. The molecule has 8 heteroatoms. The summed E-state index contributed by atoms with van der Waals surface area (Å²) in [5.74, 6) is 3.26. The second-order valence-corrected chi connectivity index (χ2v) is 9.83. The first kappa shape index (κ1) is 31.2. The molecular weight excluding hydrogens is 540 g/mol. The molecule has 0 amide bonds. The molecule has 43 heavy (non-hydrogen) atoms. The van der Waals surface area contributed by atoms with Crippen molar-refractivity contribution < 1.29 is 18.9 Å². The van der Waals surface area contributed by atoms with Gasteiger partial charge in [-0.2, -0.15) is 20.5 Å². The Morgan fingerprint density at radius 1 is 0.349 bits per heavy atom. The predicted octanol–water partition coefficient (Wildman–Crippen LogP) is 10.7. The molecule has 224 valence electrons. The van der Waals surface area contributed by atoms with Crippen LogP contribution >= 0.6 is 0 Å². The van der Waals surface area contributed by atoms with E-state index in [-0.39, 0.29) is 0 Å². The molecule has 0 atom stereocenters.